The molecule has 0 saturated carbocycles. The Labute approximate surface area is 167 Å². The second-order valence-electron chi connectivity index (χ2n) is 6.37. The molecule has 7 heteroatoms. The lowest BCUT2D eigenvalue weighted by molar-refractivity contribution is -0.129. The number of ether oxygens (including phenoxy) is 1. The normalized spacial score (nSPS) is 11.5. The summed E-state index contributed by atoms with van der Waals surface area (Å²) in [5.74, 6) is -0.677. The van der Waals surface area contributed by atoms with Gasteiger partial charge in [-0.1, -0.05) is 24.3 Å². The quantitative estimate of drug-likeness (QED) is 0.565. The Morgan fingerprint density at radius 2 is 1.79 bits per heavy atom. The zero-order valence-electron chi connectivity index (χ0n) is 15.9. The zero-order valence-corrected chi connectivity index (χ0v) is 15.9. The molecule has 3 aromatic rings. The zero-order chi connectivity index (χ0) is 20.6. The van der Waals surface area contributed by atoms with Crippen LogP contribution in [0.25, 0.3) is 0 Å². The van der Waals surface area contributed by atoms with Crippen molar-refractivity contribution in [2.75, 3.05) is 5.32 Å². The average Bonchev–Trinajstić information content (AvgIpc) is 3.25. The van der Waals surface area contributed by atoms with Crippen molar-refractivity contribution in [3.8, 4) is 0 Å². The largest absolute Gasteiger partial charge is 0.467 e. The minimum Gasteiger partial charge on any atom is -0.467 e. The van der Waals surface area contributed by atoms with Gasteiger partial charge in [-0.3, -0.25) is 4.79 Å². The molecule has 1 amide bonds. The SMILES string of the molecule is CC(OC(=O)c1ccccc1NCc1ccco1)C(=O)NCc1ccc(F)cc1. The van der Waals surface area contributed by atoms with Crippen molar-refractivity contribution >= 4 is 17.6 Å². The fourth-order valence-corrected chi connectivity index (χ4v) is 2.62. The van der Waals surface area contributed by atoms with E-state index >= 15 is 0 Å². The van der Waals surface area contributed by atoms with Crippen LogP contribution in [0.2, 0.25) is 0 Å². The van der Waals surface area contributed by atoms with Crippen molar-refractivity contribution < 1.29 is 23.1 Å². The summed E-state index contributed by atoms with van der Waals surface area (Å²) >= 11 is 0. The summed E-state index contributed by atoms with van der Waals surface area (Å²) in [6, 6.07) is 16.3. The number of furan rings is 1. The van der Waals surface area contributed by atoms with Crippen molar-refractivity contribution in [3.63, 3.8) is 0 Å². The van der Waals surface area contributed by atoms with Gasteiger partial charge in [0.2, 0.25) is 0 Å². The molecule has 2 aromatic carbocycles. The van der Waals surface area contributed by atoms with Crippen LogP contribution in [0.3, 0.4) is 0 Å². The van der Waals surface area contributed by atoms with Crippen LogP contribution in [0.4, 0.5) is 10.1 Å². The lowest BCUT2D eigenvalue weighted by Gasteiger charge is -2.15. The van der Waals surface area contributed by atoms with Crippen molar-refractivity contribution in [2.24, 2.45) is 0 Å². The molecule has 0 fully saturated rings. The van der Waals surface area contributed by atoms with Crippen LogP contribution in [-0.2, 0) is 22.6 Å². The summed E-state index contributed by atoms with van der Waals surface area (Å²) in [4.78, 5) is 24.8. The van der Waals surface area contributed by atoms with Gasteiger partial charge in [0, 0.05) is 12.2 Å². The van der Waals surface area contributed by atoms with Crippen LogP contribution < -0.4 is 10.6 Å². The van der Waals surface area contributed by atoms with E-state index in [2.05, 4.69) is 10.6 Å². The number of benzene rings is 2. The first-order chi connectivity index (χ1) is 14.0. The summed E-state index contributed by atoms with van der Waals surface area (Å²) in [5, 5.41) is 5.79. The lowest BCUT2D eigenvalue weighted by Crippen LogP contribution is -2.35. The van der Waals surface area contributed by atoms with E-state index in [0.717, 1.165) is 11.3 Å². The highest BCUT2D eigenvalue weighted by Gasteiger charge is 2.20. The van der Waals surface area contributed by atoms with Gasteiger partial charge in [-0.2, -0.15) is 0 Å². The van der Waals surface area contributed by atoms with E-state index in [9.17, 15) is 14.0 Å². The number of amides is 1. The number of carbonyl (C=O) groups is 2. The van der Waals surface area contributed by atoms with E-state index in [0.29, 0.717) is 17.8 Å². The van der Waals surface area contributed by atoms with E-state index in [4.69, 9.17) is 9.15 Å². The van der Waals surface area contributed by atoms with E-state index in [1.54, 1.807) is 48.7 Å². The van der Waals surface area contributed by atoms with Crippen LogP contribution in [0.15, 0.2) is 71.3 Å². The fourth-order valence-electron chi connectivity index (χ4n) is 2.62. The molecule has 0 saturated heterocycles. The van der Waals surface area contributed by atoms with E-state index in [1.807, 2.05) is 6.07 Å². The number of nitrogens with one attached hydrogen (secondary N) is 2. The number of rotatable bonds is 8. The monoisotopic (exact) mass is 396 g/mol. The third-order valence-corrected chi connectivity index (χ3v) is 4.21. The van der Waals surface area contributed by atoms with Gasteiger partial charge in [0.05, 0.1) is 18.4 Å². The Kier molecular flexibility index (Phi) is 6.63. The molecule has 1 aromatic heterocycles. The Hall–Kier alpha value is -3.61. The van der Waals surface area contributed by atoms with E-state index < -0.39 is 18.0 Å². The van der Waals surface area contributed by atoms with Gasteiger partial charge in [-0.05, 0) is 48.9 Å². The van der Waals surface area contributed by atoms with Crippen LogP contribution in [0.1, 0.15) is 28.6 Å². The molecule has 1 atom stereocenters. The molecular formula is C22H21FN2O4. The summed E-state index contributed by atoms with van der Waals surface area (Å²) < 4.78 is 23.5. The second-order valence-corrected chi connectivity index (χ2v) is 6.37. The Bertz CT molecular complexity index is 955. The minimum absolute atomic E-state index is 0.211. The second kappa shape index (κ2) is 9.54. The first kappa shape index (κ1) is 20.1. The van der Waals surface area contributed by atoms with Gasteiger partial charge in [-0.25, -0.2) is 9.18 Å². The Morgan fingerprint density at radius 3 is 2.52 bits per heavy atom. The summed E-state index contributed by atoms with van der Waals surface area (Å²) in [6.45, 7) is 2.12. The minimum atomic E-state index is -0.985. The van der Waals surface area contributed by atoms with E-state index in [1.165, 1.54) is 19.1 Å². The highest BCUT2D eigenvalue weighted by Crippen LogP contribution is 2.18. The predicted molar refractivity (Wildman–Crippen MR) is 106 cm³/mol. The molecule has 0 bridgehead atoms. The molecule has 0 radical (unpaired) electrons. The topological polar surface area (TPSA) is 80.6 Å². The maximum Gasteiger partial charge on any atom is 0.341 e. The van der Waals surface area contributed by atoms with Crippen LogP contribution >= 0.6 is 0 Å². The van der Waals surface area contributed by atoms with Gasteiger partial charge in [0.1, 0.15) is 11.6 Å². The first-order valence-corrected chi connectivity index (χ1v) is 9.11. The summed E-state index contributed by atoms with van der Waals surface area (Å²) in [5.41, 5.74) is 1.64. The predicted octanol–water partition coefficient (Wildman–Crippen LogP) is 3.89. The van der Waals surface area contributed by atoms with Crippen molar-refractivity contribution in [1.82, 2.24) is 5.32 Å². The third kappa shape index (κ3) is 5.68. The molecule has 0 aliphatic heterocycles. The van der Waals surface area contributed by atoms with Crippen LogP contribution in [-0.4, -0.2) is 18.0 Å². The molecule has 1 heterocycles. The number of halogens is 1. The Morgan fingerprint density at radius 1 is 1.03 bits per heavy atom. The molecular weight excluding hydrogens is 375 g/mol. The molecule has 2 N–H and O–H groups in total. The number of anilines is 1. The first-order valence-electron chi connectivity index (χ1n) is 9.11. The molecule has 150 valence electrons. The van der Waals surface area contributed by atoms with Crippen molar-refractivity contribution in [2.45, 2.75) is 26.1 Å². The highest BCUT2D eigenvalue weighted by molar-refractivity contribution is 5.97. The third-order valence-electron chi connectivity index (χ3n) is 4.21. The van der Waals surface area contributed by atoms with Crippen LogP contribution in [0, 0.1) is 5.82 Å². The van der Waals surface area contributed by atoms with E-state index in [-0.39, 0.29) is 12.4 Å². The molecule has 6 nitrogen and oxygen atoms in total. The van der Waals surface area contributed by atoms with Crippen molar-refractivity contribution in [3.05, 3.63) is 89.6 Å². The van der Waals surface area contributed by atoms with Crippen molar-refractivity contribution in [1.29, 1.82) is 0 Å². The molecule has 29 heavy (non-hydrogen) atoms. The average molecular weight is 396 g/mol. The number of esters is 1. The fraction of sp³-hybridized carbons (Fsp3) is 0.182. The van der Waals surface area contributed by atoms with Gasteiger partial charge in [0.15, 0.2) is 6.10 Å². The summed E-state index contributed by atoms with van der Waals surface area (Å²) in [7, 11) is 0. The number of hydrogen-bond acceptors (Lipinski definition) is 5. The standard InChI is InChI=1S/C22H21FN2O4/c1-15(21(26)25-13-16-8-10-17(23)11-9-16)29-22(27)19-6-2-3-7-20(19)24-14-18-5-4-12-28-18/h2-12,15,24H,13-14H2,1H3,(H,25,26). The van der Waals surface area contributed by atoms with Crippen LogP contribution in [0.5, 0.6) is 0 Å². The van der Waals surface area contributed by atoms with Gasteiger partial charge in [0.25, 0.3) is 5.91 Å². The number of hydrogen-bond donors (Lipinski definition) is 2. The molecule has 0 aliphatic carbocycles. The Balaban J connectivity index is 1.56. The molecule has 0 aliphatic rings. The smallest absolute Gasteiger partial charge is 0.341 e. The highest BCUT2D eigenvalue weighted by atomic mass is 19.1. The summed E-state index contributed by atoms with van der Waals surface area (Å²) in [6.07, 6.45) is 0.588. The maximum atomic E-state index is 12.9. The molecule has 3 rings (SSSR count). The number of carbonyl (C=O) groups excluding carboxylic acids is 2. The maximum absolute atomic E-state index is 12.9. The van der Waals surface area contributed by atoms with Gasteiger partial charge in [-0.15, -0.1) is 0 Å². The molecule has 1 unspecified atom stereocenters. The molecule has 0 spiro atoms. The number of para-hydroxylation sites is 1. The lowest BCUT2D eigenvalue weighted by atomic mass is 10.1. The van der Waals surface area contributed by atoms with Gasteiger partial charge >= 0.3 is 5.97 Å². The van der Waals surface area contributed by atoms with Gasteiger partial charge < -0.3 is 19.8 Å².